The number of Topliss-reactive ketones (excluding diaryl/α,β-unsaturated/α-hetero) is 1. The largest absolute Gasteiger partial charge is 0.302 e. The van der Waals surface area contributed by atoms with Crippen molar-refractivity contribution in [3.63, 3.8) is 0 Å². The highest BCUT2D eigenvalue weighted by atomic mass is 32.1. The first-order chi connectivity index (χ1) is 15.5. The van der Waals surface area contributed by atoms with Gasteiger partial charge in [-0.3, -0.25) is 9.78 Å². The van der Waals surface area contributed by atoms with Crippen molar-refractivity contribution in [3.05, 3.63) is 70.6 Å². The molecule has 8 heteroatoms. The van der Waals surface area contributed by atoms with E-state index in [2.05, 4.69) is 43.4 Å². The average Bonchev–Trinajstić information content (AvgIpc) is 3.25. The Morgan fingerprint density at radius 3 is 2.78 bits per heavy atom. The molecule has 4 heterocycles. The third-order valence-electron chi connectivity index (χ3n) is 5.57. The smallest absolute Gasteiger partial charge is 0.169 e. The van der Waals surface area contributed by atoms with Crippen LogP contribution in [0.5, 0.6) is 0 Å². The number of carbonyl (C=O) groups is 1. The van der Waals surface area contributed by atoms with Crippen LogP contribution in [0.1, 0.15) is 33.2 Å². The summed E-state index contributed by atoms with van der Waals surface area (Å²) in [6.45, 7) is 3.84. The number of likely N-dealkylation sites (N-methyl/N-ethyl adjacent to an activating group) is 1. The summed E-state index contributed by atoms with van der Waals surface area (Å²) < 4.78 is 0. The minimum atomic E-state index is 0.00623. The van der Waals surface area contributed by atoms with E-state index in [1.54, 1.807) is 23.6 Å². The van der Waals surface area contributed by atoms with Crippen molar-refractivity contribution in [1.82, 2.24) is 30.3 Å². The Morgan fingerprint density at radius 1 is 1.09 bits per heavy atom. The van der Waals surface area contributed by atoms with E-state index in [0.29, 0.717) is 11.3 Å². The summed E-state index contributed by atoms with van der Waals surface area (Å²) in [6, 6.07) is 11.5. The lowest BCUT2D eigenvalue weighted by Crippen LogP contribution is -2.23. The molecule has 160 valence electrons. The van der Waals surface area contributed by atoms with Gasteiger partial charge in [0.05, 0.1) is 23.3 Å². The van der Waals surface area contributed by atoms with Crippen LogP contribution in [0.15, 0.2) is 48.7 Å². The molecule has 32 heavy (non-hydrogen) atoms. The normalized spacial score (nSPS) is 14.5. The zero-order valence-corrected chi connectivity index (χ0v) is 18.8. The van der Waals surface area contributed by atoms with Crippen LogP contribution in [0.2, 0.25) is 0 Å². The lowest BCUT2D eigenvalue weighted by molar-refractivity contribution is 0.0991. The molecule has 1 aliphatic rings. The Morgan fingerprint density at radius 2 is 2.00 bits per heavy atom. The van der Waals surface area contributed by atoms with Crippen LogP contribution in [0.4, 0.5) is 0 Å². The van der Waals surface area contributed by atoms with Crippen LogP contribution in [-0.4, -0.2) is 56.2 Å². The fourth-order valence-corrected chi connectivity index (χ4v) is 4.46. The van der Waals surface area contributed by atoms with Gasteiger partial charge in [-0.15, -0.1) is 10.2 Å². The van der Waals surface area contributed by atoms with Crippen molar-refractivity contribution >= 4 is 33.6 Å². The van der Waals surface area contributed by atoms with E-state index in [1.807, 2.05) is 37.3 Å². The summed E-state index contributed by atoms with van der Waals surface area (Å²) in [5.41, 5.74) is 5.14. The first-order valence-corrected chi connectivity index (χ1v) is 11.3. The highest BCUT2D eigenvalue weighted by Crippen LogP contribution is 2.26. The van der Waals surface area contributed by atoms with Gasteiger partial charge in [0.2, 0.25) is 0 Å². The lowest BCUT2D eigenvalue weighted by atomic mass is 10.0. The molecule has 0 radical (unpaired) electrons. The van der Waals surface area contributed by atoms with Crippen LogP contribution in [0.3, 0.4) is 0 Å². The van der Waals surface area contributed by atoms with Gasteiger partial charge < -0.3 is 4.90 Å². The number of aryl methyl sites for hydroxylation is 1. The third kappa shape index (κ3) is 4.32. The van der Waals surface area contributed by atoms with Crippen LogP contribution in [0.25, 0.3) is 27.0 Å². The quantitative estimate of drug-likeness (QED) is 0.432. The highest BCUT2D eigenvalue weighted by Gasteiger charge is 2.15. The molecular weight excluding hydrogens is 420 g/mol. The predicted molar refractivity (Wildman–Crippen MR) is 126 cm³/mol. The van der Waals surface area contributed by atoms with E-state index in [-0.39, 0.29) is 12.2 Å². The fraction of sp³-hybridized carbons (Fsp3) is 0.250. The van der Waals surface area contributed by atoms with Gasteiger partial charge in [-0.05, 0) is 62.4 Å². The number of ketones is 1. The van der Waals surface area contributed by atoms with Gasteiger partial charge in [0.15, 0.2) is 5.78 Å². The Labute approximate surface area is 189 Å². The standard InChI is InChI=1S/C24H22N6OS/c1-15-26-29-24(32-15)18-3-4-21-19(11-18)12-20(27-28-21)14-23(31)17-5-8-25-22(13-17)16-6-9-30(2)10-7-16/h3-6,8,11-13H,7,9-10,14H2,1-2H3. The summed E-state index contributed by atoms with van der Waals surface area (Å²) in [4.78, 5) is 19.7. The molecule has 0 amide bonds. The second-order valence-corrected chi connectivity index (χ2v) is 9.19. The van der Waals surface area contributed by atoms with Crippen molar-refractivity contribution in [2.75, 3.05) is 20.1 Å². The maximum absolute atomic E-state index is 13.0. The molecule has 0 bridgehead atoms. The van der Waals surface area contributed by atoms with Gasteiger partial charge in [0, 0.05) is 35.8 Å². The van der Waals surface area contributed by atoms with E-state index in [9.17, 15) is 4.79 Å². The fourth-order valence-electron chi connectivity index (χ4n) is 3.77. The molecule has 0 atom stereocenters. The number of aromatic nitrogens is 5. The maximum atomic E-state index is 13.0. The van der Waals surface area contributed by atoms with Gasteiger partial charge in [-0.2, -0.15) is 10.2 Å². The predicted octanol–water partition coefficient (Wildman–Crippen LogP) is 4.00. The highest BCUT2D eigenvalue weighted by molar-refractivity contribution is 7.14. The van der Waals surface area contributed by atoms with Crippen molar-refractivity contribution < 1.29 is 4.79 Å². The van der Waals surface area contributed by atoms with E-state index in [4.69, 9.17) is 0 Å². The molecular formula is C24H22N6OS. The average molecular weight is 443 g/mol. The summed E-state index contributed by atoms with van der Waals surface area (Å²) in [7, 11) is 2.10. The topological polar surface area (TPSA) is 84.8 Å². The summed E-state index contributed by atoms with van der Waals surface area (Å²) in [5.74, 6) is 0.00623. The van der Waals surface area contributed by atoms with E-state index < -0.39 is 0 Å². The Kier molecular flexibility index (Phi) is 5.55. The van der Waals surface area contributed by atoms with E-state index >= 15 is 0 Å². The molecule has 0 N–H and O–H groups in total. The number of nitrogens with zero attached hydrogens (tertiary/aromatic N) is 6. The number of pyridine rings is 1. The van der Waals surface area contributed by atoms with Gasteiger partial charge in [-0.25, -0.2) is 0 Å². The molecule has 1 aliphatic heterocycles. The Bertz CT molecular complexity index is 1350. The first kappa shape index (κ1) is 20.5. The molecule has 4 aromatic rings. The molecule has 0 saturated heterocycles. The summed E-state index contributed by atoms with van der Waals surface area (Å²) in [6.07, 6.45) is 5.03. The zero-order valence-electron chi connectivity index (χ0n) is 17.9. The second kappa shape index (κ2) is 8.64. The van der Waals surface area contributed by atoms with Gasteiger partial charge >= 0.3 is 0 Å². The minimum absolute atomic E-state index is 0.00623. The lowest BCUT2D eigenvalue weighted by Gasteiger charge is -2.21. The van der Waals surface area contributed by atoms with Crippen molar-refractivity contribution in [2.45, 2.75) is 19.8 Å². The molecule has 0 fully saturated rings. The Hall–Kier alpha value is -3.36. The number of hydrogen-bond donors (Lipinski definition) is 0. The minimum Gasteiger partial charge on any atom is -0.302 e. The third-order valence-corrected chi connectivity index (χ3v) is 6.46. The van der Waals surface area contributed by atoms with Gasteiger partial charge in [0.1, 0.15) is 10.0 Å². The SMILES string of the molecule is Cc1nnc(-c2ccc3nnc(CC(=O)c4ccnc(C5=CCN(C)CC5)c4)cc3c2)s1. The maximum Gasteiger partial charge on any atom is 0.169 e. The van der Waals surface area contributed by atoms with E-state index in [0.717, 1.165) is 51.7 Å². The van der Waals surface area contributed by atoms with Crippen LogP contribution < -0.4 is 0 Å². The molecule has 0 unspecified atom stereocenters. The number of rotatable bonds is 5. The second-order valence-electron chi connectivity index (χ2n) is 8.01. The number of carbonyl (C=O) groups excluding carboxylic acids is 1. The van der Waals surface area contributed by atoms with Crippen molar-refractivity contribution in [1.29, 1.82) is 0 Å². The molecule has 3 aromatic heterocycles. The van der Waals surface area contributed by atoms with E-state index in [1.165, 1.54) is 5.57 Å². The van der Waals surface area contributed by atoms with Gasteiger partial charge in [-0.1, -0.05) is 17.4 Å². The summed E-state index contributed by atoms with van der Waals surface area (Å²) >= 11 is 1.55. The monoisotopic (exact) mass is 442 g/mol. The van der Waals surface area contributed by atoms with Crippen LogP contribution in [-0.2, 0) is 6.42 Å². The molecule has 5 rings (SSSR count). The first-order valence-electron chi connectivity index (χ1n) is 10.5. The van der Waals surface area contributed by atoms with Crippen molar-refractivity contribution in [3.8, 4) is 10.6 Å². The van der Waals surface area contributed by atoms with Crippen LogP contribution >= 0.6 is 11.3 Å². The number of fused-ring (bicyclic) bond motifs is 1. The number of benzene rings is 1. The van der Waals surface area contributed by atoms with Crippen LogP contribution in [0, 0.1) is 6.92 Å². The molecule has 1 aromatic carbocycles. The number of hydrogen-bond acceptors (Lipinski definition) is 8. The molecule has 0 aliphatic carbocycles. The molecule has 0 spiro atoms. The van der Waals surface area contributed by atoms with Gasteiger partial charge in [0.25, 0.3) is 0 Å². The summed E-state index contributed by atoms with van der Waals surface area (Å²) in [5, 5.41) is 19.6. The zero-order chi connectivity index (χ0) is 22.1. The van der Waals surface area contributed by atoms with Crippen molar-refractivity contribution in [2.24, 2.45) is 0 Å². The molecule has 0 saturated carbocycles. The molecule has 7 nitrogen and oxygen atoms in total. The Balaban J connectivity index is 1.38.